The molecule has 0 fully saturated rings. The van der Waals surface area contributed by atoms with Crippen molar-refractivity contribution in [2.75, 3.05) is 0 Å². The summed E-state index contributed by atoms with van der Waals surface area (Å²) in [5.74, 6) is -0.424. The molecule has 0 atom stereocenters. The Balaban J connectivity index is 1.91. The number of carboxylic acids is 1. The van der Waals surface area contributed by atoms with Gasteiger partial charge < -0.3 is 9.67 Å². The molecule has 0 spiro atoms. The van der Waals surface area contributed by atoms with Crippen molar-refractivity contribution in [3.63, 3.8) is 0 Å². The van der Waals surface area contributed by atoms with Crippen LogP contribution in [0.2, 0.25) is 0 Å². The summed E-state index contributed by atoms with van der Waals surface area (Å²) < 4.78 is 15.1. The van der Waals surface area contributed by atoms with Crippen molar-refractivity contribution in [3.05, 3.63) is 83.7 Å². The average Bonchev–Trinajstić information content (AvgIpc) is 3.00. The van der Waals surface area contributed by atoms with Gasteiger partial charge in [-0.2, -0.15) is 0 Å². The maximum absolute atomic E-state index is 13.1. The molecular weight excluding hydrogens is 319 g/mol. The molecule has 0 saturated heterocycles. The van der Waals surface area contributed by atoms with E-state index in [1.165, 1.54) is 12.1 Å². The minimum atomic E-state index is -1.01. The molecular formula is C20H17FN2O2. The number of carboxylic acid groups (broad SMARTS) is 1. The quantitative estimate of drug-likeness (QED) is 0.760. The highest BCUT2D eigenvalue weighted by atomic mass is 19.1. The van der Waals surface area contributed by atoms with Crippen molar-refractivity contribution in [1.82, 2.24) is 9.55 Å². The zero-order valence-corrected chi connectivity index (χ0v) is 13.7. The molecule has 0 saturated carbocycles. The Kier molecular flexibility index (Phi) is 4.75. The summed E-state index contributed by atoms with van der Waals surface area (Å²) in [7, 11) is 1.93. The van der Waals surface area contributed by atoms with Crippen LogP contribution in [-0.2, 0) is 13.5 Å². The third-order valence-electron chi connectivity index (χ3n) is 3.96. The van der Waals surface area contributed by atoms with Crippen LogP contribution >= 0.6 is 0 Å². The Morgan fingerprint density at radius 1 is 1.24 bits per heavy atom. The molecule has 4 nitrogen and oxygen atoms in total. The van der Waals surface area contributed by atoms with Crippen LogP contribution in [0.4, 0.5) is 4.39 Å². The van der Waals surface area contributed by atoms with Crippen LogP contribution in [0.3, 0.4) is 0 Å². The van der Waals surface area contributed by atoms with Crippen molar-refractivity contribution >= 4 is 12.0 Å². The summed E-state index contributed by atoms with van der Waals surface area (Å²) in [4.78, 5) is 15.7. The number of aryl methyl sites for hydroxylation is 1. The molecule has 0 aliphatic heterocycles. The van der Waals surface area contributed by atoms with Gasteiger partial charge in [0.15, 0.2) is 0 Å². The van der Waals surface area contributed by atoms with Gasteiger partial charge in [0.05, 0.1) is 5.56 Å². The minimum Gasteiger partial charge on any atom is -0.478 e. The van der Waals surface area contributed by atoms with E-state index in [1.54, 1.807) is 36.5 Å². The largest absolute Gasteiger partial charge is 0.478 e. The van der Waals surface area contributed by atoms with Crippen molar-refractivity contribution < 1.29 is 14.3 Å². The van der Waals surface area contributed by atoms with Crippen LogP contribution in [-0.4, -0.2) is 20.6 Å². The number of hydrogen-bond donors (Lipinski definition) is 1. The van der Waals surface area contributed by atoms with Crippen LogP contribution in [0.15, 0.2) is 60.9 Å². The predicted molar refractivity (Wildman–Crippen MR) is 94.7 cm³/mol. The molecule has 0 aliphatic carbocycles. The summed E-state index contributed by atoms with van der Waals surface area (Å²) in [6, 6.07) is 10.9. The molecule has 0 aliphatic rings. The molecule has 1 heterocycles. The van der Waals surface area contributed by atoms with Crippen LogP contribution in [0.5, 0.6) is 0 Å². The van der Waals surface area contributed by atoms with Crippen molar-refractivity contribution in [2.45, 2.75) is 6.42 Å². The number of nitrogens with zero attached hydrogens (tertiary/aromatic N) is 2. The highest BCUT2D eigenvalue weighted by Crippen LogP contribution is 2.26. The SMILES string of the molecule is Cn1ccnc1CC=Cc1ccc(C(=O)O)c(-c2ccc(F)cc2)c1. The van der Waals surface area contributed by atoms with Gasteiger partial charge in [-0.05, 0) is 41.0 Å². The Labute approximate surface area is 144 Å². The average molecular weight is 336 g/mol. The molecule has 0 bridgehead atoms. The van der Waals surface area contributed by atoms with Gasteiger partial charge in [0.1, 0.15) is 11.6 Å². The van der Waals surface area contributed by atoms with Crippen LogP contribution < -0.4 is 0 Å². The standard InChI is InChI=1S/C20H17FN2O2/c1-23-12-11-22-19(23)4-2-3-14-5-10-17(20(24)25)18(13-14)15-6-8-16(21)9-7-15/h2-3,5-13H,4H2,1H3,(H,24,25). The first-order valence-corrected chi connectivity index (χ1v) is 7.80. The molecule has 2 aromatic carbocycles. The van der Waals surface area contributed by atoms with Crippen LogP contribution in [0.25, 0.3) is 17.2 Å². The summed E-state index contributed by atoms with van der Waals surface area (Å²) >= 11 is 0. The first-order valence-electron chi connectivity index (χ1n) is 7.80. The normalized spacial score (nSPS) is 11.1. The van der Waals surface area contributed by atoms with E-state index in [9.17, 15) is 14.3 Å². The summed E-state index contributed by atoms with van der Waals surface area (Å²) in [5.41, 5.74) is 2.29. The van der Waals surface area contributed by atoms with Crippen molar-refractivity contribution in [2.24, 2.45) is 7.05 Å². The first kappa shape index (κ1) is 16.6. The smallest absolute Gasteiger partial charge is 0.336 e. The molecule has 1 N–H and O–H groups in total. The summed E-state index contributed by atoms with van der Waals surface area (Å²) in [6.45, 7) is 0. The third-order valence-corrected chi connectivity index (χ3v) is 3.96. The number of aromatic carboxylic acids is 1. The molecule has 3 aromatic rings. The second-order valence-electron chi connectivity index (χ2n) is 5.68. The zero-order valence-electron chi connectivity index (χ0n) is 13.7. The van der Waals surface area contributed by atoms with Gasteiger partial charge in [-0.1, -0.05) is 30.4 Å². The number of imidazole rings is 1. The minimum absolute atomic E-state index is 0.188. The topological polar surface area (TPSA) is 55.1 Å². The summed E-state index contributed by atoms with van der Waals surface area (Å²) in [6.07, 6.45) is 8.21. The van der Waals surface area contributed by atoms with Crippen LogP contribution in [0.1, 0.15) is 21.7 Å². The van der Waals surface area contributed by atoms with E-state index in [0.29, 0.717) is 17.5 Å². The molecule has 0 unspecified atom stereocenters. The Morgan fingerprint density at radius 3 is 2.64 bits per heavy atom. The Hall–Kier alpha value is -3.21. The lowest BCUT2D eigenvalue weighted by Gasteiger charge is -2.08. The van der Waals surface area contributed by atoms with Gasteiger partial charge in [-0.3, -0.25) is 0 Å². The van der Waals surface area contributed by atoms with Gasteiger partial charge in [-0.25, -0.2) is 14.2 Å². The van der Waals surface area contributed by atoms with E-state index in [0.717, 1.165) is 11.4 Å². The van der Waals surface area contributed by atoms with E-state index in [4.69, 9.17) is 0 Å². The van der Waals surface area contributed by atoms with E-state index >= 15 is 0 Å². The highest BCUT2D eigenvalue weighted by molar-refractivity contribution is 5.96. The number of benzene rings is 2. The molecule has 5 heteroatoms. The van der Waals surface area contributed by atoms with E-state index < -0.39 is 5.97 Å². The molecule has 0 radical (unpaired) electrons. The number of aromatic nitrogens is 2. The lowest BCUT2D eigenvalue weighted by Crippen LogP contribution is -2.00. The zero-order chi connectivity index (χ0) is 17.8. The van der Waals surface area contributed by atoms with Crippen molar-refractivity contribution in [3.8, 4) is 11.1 Å². The van der Waals surface area contributed by atoms with Gasteiger partial charge in [0, 0.05) is 25.9 Å². The van der Waals surface area contributed by atoms with Gasteiger partial charge in [-0.15, -0.1) is 0 Å². The molecule has 0 amide bonds. The highest BCUT2D eigenvalue weighted by Gasteiger charge is 2.12. The number of allylic oxidation sites excluding steroid dienone is 1. The lowest BCUT2D eigenvalue weighted by molar-refractivity contribution is 0.0697. The number of carbonyl (C=O) groups is 1. The number of rotatable bonds is 5. The van der Waals surface area contributed by atoms with E-state index in [2.05, 4.69) is 4.98 Å². The third kappa shape index (κ3) is 3.83. The fraction of sp³-hybridized carbons (Fsp3) is 0.100. The van der Waals surface area contributed by atoms with E-state index in [-0.39, 0.29) is 11.4 Å². The fourth-order valence-electron chi connectivity index (χ4n) is 2.61. The lowest BCUT2D eigenvalue weighted by atomic mass is 9.97. The first-order chi connectivity index (χ1) is 12.0. The van der Waals surface area contributed by atoms with Gasteiger partial charge in [0.2, 0.25) is 0 Å². The van der Waals surface area contributed by atoms with Crippen molar-refractivity contribution in [1.29, 1.82) is 0 Å². The fourth-order valence-corrected chi connectivity index (χ4v) is 2.61. The van der Waals surface area contributed by atoms with Crippen LogP contribution in [0, 0.1) is 5.82 Å². The molecule has 1 aromatic heterocycles. The second-order valence-corrected chi connectivity index (χ2v) is 5.68. The van der Waals surface area contributed by atoms with Gasteiger partial charge >= 0.3 is 5.97 Å². The van der Waals surface area contributed by atoms with E-state index in [1.807, 2.05) is 30.0 Å². The monoisotopic (exact) mass is 336 g/mol. The molecule has 126 valence electrons. The maximum Gasteiger partial charge on any atom is 0.336 e. The number of halogens is 1. The number of hydrogen-bond acceptors (Lipinski definition) is 2. The second kappa shape index (κ2) is 7.13. The Morgan fingerprint density at radius 2 is 2.00 bits per heavy atom. The molecule has 3 rings (SSSR count). The predicted octanol–water partition coefficient (Wildman–Crippen LogP) is 4.18. The Bertz CT molecular complexity index is 927. The summed E-state index contributed by atoms with van der Waals surface area (Å²) in [5, 5.41) is 9.40. The molecule has 25 heavy (non-hydrogen) atoms. The van der Waals surface area contributed by atoms with Gasteiger partial charge in [0.25, 0.3) is 0 Å². The maximum atomic E-state index is 13.1.